The van der Waals surface area contributed by atoms with Gasteiger partial charge in [-0.15, -0.1) is 11.6 Å². The maximum Gasteiger partial charge on any atom is 0.142 e. The molecule has 1 aliphatic heterocycles. The first kappa shape index (κ1) is 16.4. The predicted octanol–water partition coefficient (Wildman–Crippen LogP) is 1.41. The summed E-state index contributed by atoms with van der Waals surface area (Å²) in [5.74, 6) is 1.01. The molecule has 1 fully saturated rings. The standard InChI is InChI=1S/C15H23ClN2O3/c16-11-13(19)12-17-14-3-1-2-4-15(14)21-10-7-18-5-8-20-9-6-18/h1-4,13,17,19H,5-12H2. The van der Waals surface area contributed by atoms with Crippen molar-refractivity contribution in [2.24, 2.45) is 0 Å². The number of anilines is 1. The van der Waals surface area contributed by atoms with Crippen molar-refractivity contribution in [3.8, 4) is 5.75 Å². The average molecular weight is 315 g/mol. The Morgan fingerprint density at radius 1 is 1.33 bits per heavy atom. The van der Waals surface area contributed by atoms with Gasteiger partial charge in [0.15, 0.2) is 0 Å². The molecule has 0 radical (unpaired) electrons. The summed E-state index contributed by atoms with van der Waals surface area (Å²) in [7, 11) is 0. The van der Waals surface area contributed by atoms with Crippen molar-refractivity contribution in [2.45, 2.75) is 6.10 Å². The molecular weight excluding hydrogens is 292 g/mol. The number of benzene rings is 1. The SMILES string of the molecule is OC(CCl)CNc1ccccc1OCCN1CCOCC1. The van der Waals surface area contributed by atoms with Crippen LogP contribution in [0.25, 0.3) is 0 Å². The molecule has 0 amide bonds. The zero-order chi connectivity index (χ0) is 14.9. The number of alkyl halides is 1. The number of nitrogens with one attached hydrogen (secondary N) is 1. The van der Waals surface area contributed by atoms with Gasteiger partial charge in [-0.2, -0.15) is 0 Å². The van der Waals surface area contributed by atoms with Crippen LogP contribution in [0.2, 0.25) is 0 Å². The summed E-state index contributed by atoms with van der Waals surface area (Å²) in [5.41, 5.74) is 0.878. The van der Waals surface area contributed by atoms with Crippen LogP contribution in [0.1, 0.15) is 0 Å². The third kappa shape index (κ3) is 5.71. The number of hydrogen-bond acceptors (Lipinski definition) is 5. The van der Waals surface area contributed by atoms with Gasteiger partial charge in [-0.05, 0) is 12.1 Å². The Morgan fingerprint density at radius 2 is 2.10 bits per heavy atom. The molecule has 2 N–H and O–H groups in total. The molecule has 0 aliphatic carbocycles. The van der Waals surface area contributed by atoms with Gasteiger partial charge in [-0.1, -0.05) is 12.1 Å². The Hall–Kier alpha value is -1.01. The molecule has 2 rings (SSSR count). The second-order valence-electron chi connectivity index (χ2n) is 4.99. The van der Waals surface area contributed by atoms with Crippen molar-refractivity contribution in [1.82, 2.24) is 4.90 Å². The second kappa shape index (κ2) is 9.10. The number of halogens is 1. The largest absolute Gasteiger partial charge is 0.490 e. The minimum absolute atomic E-state index is 0.215. The molecule has 0 aromatic heterocycles. The summed E-state index contributed by atoms with van der Waals surface area (Å²) in [6.45, 7) is 5.46. The third-order valence-electron chi connectivity index (χ3n) is 3.36. The fourth-order valence-electron chi connectivity index (χ4n) is 2.13. The molecule has 6 heteroatoms. The van der Waals surface area contributed by atoms with Crippen molar-refractivity contribution in [3.05, 3.63) is 24.3 Å². The van der Waals surface area contributed by atoms with E-state index in [1.807, 2.05) is 24.3 Å². The lowest BCUT2D eigenvalue weighted by Gasteiger charge is -2.26. The van der Waals surface area contributed by atoms with E-state index in [0.29, 0.717) is 13.2 Å². The summed E-state index contributed by atoms with van der Waals surface area (Å²) in [4.78, 5) is 2.33. The first-order chi connectivity index (χ1) is 10.3. The number of aliphatic hydroxyl groups is 1. The van der Waals surface area contributed by atoms with Crippen LogP contribution in [-0.2, 0) is 4.74 Å². The molecule has 5 nitrogen and oxygen atoms in total. The molecular formula is C15H23ClN2O3. The summed E-state index contributed by atoms with van der Waals surface area (Å²) >= 11 is 5.59. The van der Waals surface area contributed by atoms with Crippen LogP contribution in [0.4, 0.5) is 5.69 Å². The molecule has 118 valence electrons. The normalized spacial score (nSPS) is 17.4. The number of ether oxygens (including phenoxy) is 2. The number of aliphatic hydroxyl groups excluding tert-OH is 1. The van der Waals surface area contributed by atoms with Crippen molar-refractivity contribution in [1.29, 1.82) is 0 Å². The molecule has 0 saturated carbocycles. The highest BCUT2D eigenvalue weighted by atomic mass is 35.5. The van der Waals surface area contributed by atoms with E-state index in [1.54, 1.807) is 0 Å². The molecule has 1 saturated heterocycles. The van der Waals surface area contributed by atoms with Crippen LogP contribution in [0.3, 0.4) is 0 Å². The van der Waals surface area contributed by atoms with Crippen LogP contribution < -0.4 is 10.1 Å². The minimum atomic E-state index is -0.562. The zero-order valence-electron chi connectivity index (χ0n) is 12.1. The summed E-state index contributed by atoms with van der Waals surface area (Å²) in [6.07, 6.45) is -0.562. The van der Waals surface area contributed by atoms with Crippen LogP contribution in [0.5, 0.6) is 5.75 Å². The molecule has 1 heterocycles. The lowest BCUT2D eigenvalue weighted by Crippen LogP contribution is -2.38. The van der Waals surface area contributed by atoms with Gasteiger partial charge in [-0.25, -0.2) is 0 Å². The summed E-state index contributed by atoms with van der Waals surface area (Å²) in [6, 6.07) is 7.73. The van der Waals surface area contributed by atoms with Gasteiger partial charge in [0.1, 0.15) is 12.4 Å². The van der Waals surface area contributed by atoms with Gasteiger partial charge in [0, 0.05) is 26.2 Å². The van der Waals surface area contributed by atoms with Crippen LogP contribution in [0.15, 0.2) is 24.3 Å². The van der Waals surface area contributed by atoms with E-state index in [4.69, 9.17) is 21.1 Å². The van der Waals surface area contributed by atoms with Gasteiger partial charge < -0.3 is 19.9 Å². The van der Waals surface area contributed by atoms with Crippen LogP contribution in [-0.4, -0.2) is 68.0 Å². The van der Waals surface area contributed by atoms with E-state index in [2.05, 4.69) is 10.2 Å². The Kier molecular flexibility index (Phi) is 7.09. The van der Waals surface area contributed by atoms with Crippen molar-refractivity contribution >= 4 is 17.3 Å². The van der Waals surface area contributed by atoms with Gasteiger partial charge >= 0.3 is 0 Å². The molecule has 1 aromatic carbocycles. The van der Waals surface area contributed by atoms with Crippen molar-refractivity contribution in [3.63, 3.8) is 0 Å². The van der Waals surface area contributed by atoms with E-state index in [1.165, 1.54) is 0 Å². The smallest absolute Gasteiger partial charge is 0.142 e. The third-order valence-corrected chi connectivity index (χ3v) is 3.72. The Bertz CT molecular complexity index is 414. The maximum absolute atomic E-state index is 9.50. The highest BCUT2D eigenvalue weighted by molar-refractivity contribution is 6.18. The number of para-hydroxylation sites is 2. The molecule has 1 aromatic rings. The van der Waals surface area contributed by atoms with Crippen molar-refractivity contribution in [2.75, 3.05) is 57.2 Å². The van der Waals surface area contributed by atoms with Gasteiger partial charge in [0.2, 0.25) is 0 Å². The van der Waals surface area contributed by atoms with Crippen molar-refractivity contribution < 1.29 is 14.6 Å². The zero-order valence-corrected chi connectivity index (χ0v) is 12.9. The summed E-state index contributed by atoms with van der Waals surface area (Å²) in [5, 5.41) is 12.7. The molecule has 0 bridgehead atoms. The average Bonchev–Trinajstić information content (AvgIpc) is 2.54. The Morgan fingerprint density at radius 3 is 2.86 bits per heavy atom. The van der Waals surface area contributed by atoms with Gasteiger partial charge in [0.25, 0.3) is 0 Å². The molecule has 0 spiro atoms. The lowest BCUT2D eigenvalue weighted by atomic mass is 10.3. The predicted molar refractivity (Wildman–Crippen MR) is 84.4 cm³/mol. The first-order valence-corrected chi connectivity index (χ1v) is 7.83. The maximum atomic E-state index is 9.50. The highest BCUT2D eigenvalue weighted by Gasteiger charge is 2.11. The fourth-order valence-corrected chi connectivity index (χ4v) is 2.24. The quantitative estimate of drug-likeness (QED) is 0.711. The monoisotopic (exact) mass is 314 g/mol. The summed E-state index contributed by atoms with van der Waals surface area (Å²) < 4.78 is 11.2. The Balaban J connectivity index is 1.78. The van der Waals surface area contributed by atoms with E-state index >= 15 is 0 Å². The highest BCUT2D eigenvalue weighted by Crippen LogP contribution is 2.23. The number of nitrogens with zero attached hydrogens (tertiary/aromatic N) is 1. The van der Waals surface area contributed by atoms with E-state index in [0.717, 1.165) is 44.3 Å². The van der Waals surface area contributed by atoms with Crippen LogP contribution in [0, 0.1) is 0 Å². The minimum Gasteiger partial charge on any atom is -0.490 e. The van der Waals surface area contributed by atoms with Gasteiger partial charge in [-0.3, -0.25) is 4.90 Å². The number of morpholine rings is 1. The Labute approximate surface area is 130 Å². The first-order valence-electron chi connectivity index (χ1n) is 7.29. The van der Waals surface area contributed by atoms with Crippen LogP contribution >= 0.6 is 11.6 Å². The van der Waals surface area contributed by atoms with E-state index in [-0.39, 0.29) is 5.88 Å². The molecule has 1 atom stereocenters. The number of hydrogen-bond donors (Lipinski definition) is 2. The van der Waals surface area contributed by atoms with E-state index in [9.17, 15) is 5.11 Å². The molecule has 21 heavy (non-hydrogen) atoms. The second-order valence-corrected chi connectivity index (χ2v) is 5.30. The van der Waals surface area contributed by atoms with Gasteiger partial charge in [0.05, 0.1) is 30.9 Å². The molecule has 1 aliphatic rings. The van der Waals surface area contributed by atoms with E-state index < -0.39 is 6.10 Å². The molecule has 1 unspecified atom stereocenters. The number of rotatable bonds is 8. The topological polar surface area (TPSA) is 54.0 Å². The fraction of sp³-hybridized carbons (Fsp3) is 0.600. The lowest BCUT2D eigenvalue weighted by molar-refractivity contribution is 0.0323.